The predicted molar refractivity (Wildman–Crippen MR) is 154 cm³/mol. The van der Waals surface area contributed by atoms with Crippen molar-refractivity contribution in [3.05, 3.63) is 89.0 Å². The Hall–Kier alpha value is -3.38. The van der Waals surface area contributed by atoms with Gasteiger partial charge in [-0.05, 0) is 107 Å². The van der Waals surface area contributed by atoms with Gasteiger partial charge in [-0.15, -0.1) is 0 Å². The highest BCUT2D eigenvalue weighted by molar-refractivity contribution is 7.84. The summed E-state index contributed by atoms with van der Waals surface area (Å²) in [5.74, 6) is 2.20. The minimum atomic E-state index is -0.793. The van der Waals surface area contributed by atoms with E-state index in [0.717, 1.165) is 63.3 Å². The predicted octanol–water partition coefficient (Wildman–Crippen LogP) is 6.76. The minimum absolute atomic E-state index is 0.112. The highest BCUT2D eigenvalue weighted by atomic mass is 32.2. The number of allylic oxidation sites excluding steroid dienone is 1. The summed E-state index contributed by atoms with van der Waals surface area (Å²) in [7, 11) is 0.630. The summed E-state index contributed by atoms with van der Waals surface area (Å²) in [6.45, 7) is 9.42. The molecule has 0 fully saturated rings. The van der Waals surface area contributed by atoms with Gasteiger partial charge in [0.05, 0.1) is 20.1 Å². The molecule has 2 atom stereocenters. The molecule has 0 saturated carbocycles. The number of methoxy groups -OCH3 is 1. The Balaban J connectivity index is 1.44. The van der Waals surface area contributed by atoms with Crippen molar-refractivity contribution >= 4 is 22.3 Å². The van der Waals surface area contributed by atoms with Gasteiger partial charge in [-0.25, -0.2) is 0 Å². The molecule has 0 amide bonds. The van der Waals surface area contributed by atoms with Crippen LogP contribution in [0.3, 0.4) is 0 Å². The van der Waals surface area contributed by atoms with E-state index in [1.54, 1.807) is 6.26 Å². The van der Waals surface area contributed by atoms with E-state index in [9.17, 15) is 9.00 Å². The molecule has 0 spiro atoms. The minimum Gasteiger partial charge on any atom is -0.494 e. The van der Waals surface area contributed by atoms with Crippen molar-refractivity contribution in [2.75, 3.05) is 25.7 Å². The van der Waals surface area contributed by atoms with Crippen LogP contribution in [0.5, 0.6) is 11.5 Å². The van der Waals surface area contributed by atoms with Crippen molar-refractivity contribution in [3.8, 4) is 22.6 Å². The Morgan fingerprint density at radius 3 is 2.50 bits per heavy atom. The van der Waals surface area contributed by atoms with Gasteiger partial charge in [-0.2, -0.15) is 0 Å². The van der Waals surface area contributed by atoms with Gasteiger partial charge in [0.1, 0.15) is 18.1 Å². The maximum absolute atomic E-state index is 11.8. The van der Waals surface area contributed by atoms with E-state index in [-0.39, 0.29) is 11.9 Å². The molecule has 3 aromatic rings. The second-order valence-corrected chi connectivity index (χ2v) is 11.5. The van der Waals surface area contributed by atoms with Crippen LogP contribution in [0.2, 0.25) is 0 Å². The molecule has 0 radical (unpaired) electrons. The molecule has 4 rings (SSSR count). The molecule has 5 nitrogen and oxygen atoms in total. The van der Waals surface area contributed by atoms with Crippen LogP contribution in [-0.2, 0) is 26.9 Å². The first-order valence-corrected chi connectivity index (χ1v) is 14.6. The number of aryl methyl sites for hydroxylation is 2. The molecule has 2 unspecified atom stereocenters. The highest BCUT2D eigenvalue weighted by Gasteiger charge is 2.28. The summed E-state index contributed by atoms with van der Waals surface area (Å²) in [5.41, 5.74) is 8.94. The van der Waals surface area contributed by atoms with Crippen LogP contribution in [0.4, 0.5) is 0 Å². The van der Waals surface area contributed by atoms with E-state index in [2.05, 4.69) is 56.8 Å². The topological polar surface area (TPSA) is 61.8 Å². The summed E-state index contributed by atoms with van der Waals surface area (Å²) < 4.78 is 28.2. The van der Waals surface area contributed by atoms with E-state index in [1.807, 2.05) is 18.2 Å². The Labute approximate surface area is 228 Å². The fraction of sp³-hybridized carbons (Fsp3) is 0.344. The van der Waals surface area contributed by atoms with Crippen LogP contribution in [0, 0.1) is 13.8 Å². The zero-order valence-corrected chi connectivity index (χ0v) is 23.5. The third-order valence-electron chi connectivity index (χ3n) is 6.95. The van der Waals surface area contributed by atoms with Crippen molar-refractivity contribution in [1.82, 2.24) is 0 Å². The number of hydrogen-bond acceptors (Lipinski definition) is 5. The fourth-order valence-electron chi connectivity index (χ4n) is 5.17. The lowest BCUT2D eigenvalue weighted by Gasteiger charge is -2.15. The monoisotopic (exact) mass is 532 g/mol. The van der Waals surface area contributed by atoms with Gasteiger partial charge in [0.25, 0.3) is 0 Å². The number of fused-ring (bicyclic) bond motifs is 1. The fourth-order valence-corrected chi connectivity index (χ4v) is 5.69. The van der Waals surface area contributed by atoms with Crippen LogP contribution >= 0.6 is 0 Å². The van der Waals surface area contributed by atoms with Crippen molar-refractivity contribution < 1.29 is 23.2 Å². The standard InChI is InChI=1S/C32H36O5S/c1-21-14-26(18-31(33)35-4)29-11-10-27(19-30(21)29)37-20-24-8-6-9-25(17-24)32-22(2)15-28(16-23(32)3)36-12-7-13-38(5)34/h6,8-11,15-17,19,26H,1,7,12-14,18,20H2,2-5H3. The second kappa shape index (κ2) is 12.4. The number of rotatable bonds is 11. The van der Waals surface area contributed by atoms with Gasteiger partial charge in [-0.1, -0.05) is 30.8 Å². The summed E-state index contributed by atoms with van der Waals surface area (Å²) in [5, 5.41) is 0. The van der Waals surface area contributed by atoms with Gasteiger partial charge in [0.15, 0.2) is 0 Å². The SMILES string of the molecule is C=C1CC(CC(=O)OC)c2ccc(OCc3cccc(-c4c(C)cc(OCCCS(C)=O)cc4C)c3)cc21. The zero-order valence-electron chi connectivity index (χ0n) is 22.7. The van der Waals surface area contributed by atoms with E-state index in [1.165, 1.54) is 12.7 Å². The van der Waals surface area contributed by atoms with Crippen molar-refractivity contribution in [2.45, 2.75) is 45.6 Å². The third kappa shape index (κ3) is 6.73. The number of benzene rings is 3. The number of esters is 1. The van der Waals surface area contributed by atoms with Crippen molar-refractivity contribution in [1.29, 1.82) is 0 Å². The lowest BCUT2D eigenvalue weighted by molar-refractivity contribution is -0.141. The van der Waals surface area contributed by atoms with Gasteiger partial charge < -0.3 is 14.2 Å². The summed E-state index contributed by atoms with van der Waals surface area (Å²) in [6.07, 6.45) is 3.62. The molecular formula is C32H36O5S. The summed E-state index contributed by atoms with van der Waals surface area (Å²) in [4.78, 5) is 11.8. The molecule has 200 valence electrons. The summed E-state index contributed by atoms with van der Waals surface area (Å²) >= 11 is 0. The first kappa shape index (κ1) is 27.6. The second-order valence-electron chi connectivity index (χ2n) is 9.93. The normalized spacial score (nSPS) is 15.2. The molecule has 0 N–H and O–H groups in total. The Bertz CT molecular complexity index is 1340. The first-order valence-electron chi connectivity index (χ1n) is 12.9. The van der Waals surface area contributed by atoms with Crippen LogP contribution < -0.4 is 9.47 Å². The molecule has 0 aliphatic heterocycles. The van der Waals surface area contributed by atoms with Crippen LogP contribution in [-0.4, -0.2) is 35.9 Å². The zero-order chi connectivity index (χ0) is 27.2. The highest BCUT2D eigenvalue weighted by Crippen LogP contribution is 2.43. The molecule has 3 aromatic carbocycles. The van der Waals surface area contributed by atoms with Crippen LogP contribution in [0.15, 0.2) is 61.2 Å². The maximum Gasteiger partial charge on any atom is 0.306 e. The molecule has 1 aliphatic carbocycles. The van der Waals surface area contributed by atoms with E-state index in [4.69, 9.17) is 14.2 Å². The largest absolute Gasteiger partial charge is 0.494 e. The Morgan fingerprint density at radius 2 is 1.79 bits per heavy atom. The van der Waals surface area contributed by atoms with Gasteiger partial charge in [0, 0.05) is 22.8 Å². The number of carbonyl (C=O) groups is 1. The molecule has 0 saturated heterocycles. The Kier molecular flexibility index (Phi) is 9.05. The Morgan fingerprint density at radius 1 is 1.03 bits per heavy atom. The molecule has 38 heavy (non-hydrogen) atoms. The number of carbonyl (C=O) groups excluding carboxylic acids is 1. The van der Waals surface area contributed by atoms with Crippen LogP contribution in [0.25, 0.3) is 16.7 Å². The molecule has 0 aromatic heterocycles. The van der Waals surface area contributed by atoms with E-state index < -0.39 is 10.8 Å². The van der Waals surface area contributed by atoms with Gasteiger partial charge >= 0.3 is 5.97 Å². The van der Waals surface area contributed by atoms with Crippen molar-refractivity contribution in [3.63, 3.8) is 0 Å². The summed E-state index contributed by atoms with van der Waals surface area (Å²) in [6, 6.07) is 18.6. The number of hydrogen-bond donors (Lipinski definition) is 0. The molecule has 0 bridgehead atoms. The van der Waals surface area contributed by atoms with Crippen molar-refractivity contribution in [2.24, 2.45) is 0 Å². The maximum atomic E-state index is 11.8. The first-order chi connectivity index (χ1) is 18.2. The van der Waals surface area contributed by atoms with Crippen LogP contribution in [0.1, 0.15) is 53.0 Å². The molecule has 1 aliphatic rings. The molecule has 0 heterocycles. The van der Waals surface area contributed by atoms with Gasteiger partial charge in [0.2, 0.25) is 0 Å². The smallest absolute Gasteiger partial charge is 0.306 e. The average molecular weight is 533 g/mol. The number of ether oxygens (including phenoxy) is 3. The average Bonchev–Trinajstić information content (AvgIpc) is 3.19. The van der Waals surface area contributed by atoms with E-state index >= 15 is 0 Å². The lowest BCUT2D eigenvalue weighted by Crippen LogP contribution is -2.06. The molecule has 6 heteroatoms. The third-order valence-corrected chi connectivity index (χ3v) is 7.81. The van der Waals surface area contributed by atoms with E-state index in [0.29, 0.717) is 25.4 Å². The molecular weight excluding hydrogens is 496 g/mol. The quantitative estimate of drug-likeness (QED) is 0.202. The lowest BCUT2D eigenvalue weighted by atomic mass is 9.94. The van der Waals surface area contributed by atoms with Gasteiger partial charge in [-0.3, -0.25) is 9.00 Å².